The number of nitrogens with zero attached hydrogens (tertiary/aromatic N) is 4. The summed E-state index contributed by atoms with van der Waals surface area (Å²) in [6.07, 6.45) is 0. The van der Waals surface area contributed by atoms with E-state index in [1.807, 2.05) is 30.3 Å². The van der Waals surface area contributed by atoms with Gasteiger partial charge in [0, 0.05) is 38.0 Å². The van der Waals surface area contributed by atoms with E-state index < -0.39 is 0 Å². The van der Waals surface area contributed by atoms with Crippen LogP contribution in [0.5, 0.6) is 0 Å². The van der Waals surface area contributed by atoms with Crippen molar-refractivity contribution in [2.75, 3.05) is 0 Å². The Morgan fingerprint density at radius 2 is 1.06 bits per heavy atom. The predicted molar refractivity (Wildman–Crippen MR) is 218 cm³/mol. The standard InChI is InChI=1S/C49H32N4/c1-49(2)41-15-7-3-12-35(41)36-22-21-33(28-42(36)49)52-44-17-9-5-13-37(44)39-25-30(19-23-46(39)52)31-20-24-47-40(26-31)38-14-6-10-18-45(38)53(47)48-27-32(29-50)34-11-4-8-16-43(34)51-48/h3-28H,1-2H3. The van der Waals surface area contributed by atoms with Gasteiger partial charge < -0.3 is 4.57 Å². The average Bonchev–Trinajstić information content (AvgIpc) is 3.80. The molecule has 0 spiro atoms. The molecule has 0 saturated heterocycles. The second-order valence-electron chi connectivity index (χ2n) is 14.7. The third-order valence-corrected chi connectivity index (χ3v) is 11.6. The number of fused-ring (bicyclic) bond motifs is 10. The van der Waals surface area contributed by atoms with Crippen molar-refractivity contribution in [1.29, 1.82) is 5.26 Å². The van der Waals surface area contributed by atoms with Crippen LogP contribution < -0.4 is 0 Å². The highest BCUT2D eigenvalue weighted by Gasteiger charge is 2.35. The van der Waals surface area contributed by atoms with Gasteiger partial charge in [-0.3, -0.25) is 4.57 Å². The van der Waals surface area contributed by atoms with Crippen molar-refractivity contribution < 1.29 is 0 Å². The van der Waals surface area contributed by atoms with Gasteiger partial charge >= 0.3 is 0 Å². The van der Waals surface area contributed by atoms with Crippen molar-refractivity contribution >= 4 is 54.5 Å². The molecule has 53 heavy (non-hydrogen) atoms. The first-order valence-electron chi connectivity index (χ1n) is 18.1. The van der Waals surface area contributed by atoms with E-state index in [0.29, 0.717) is 5.56 Å². The second-order valence-corrected chi connectivity index (χ2v) is 14.7. The summed E-state index contributed by atoms with van der Waals surface area (Å²) in [6, 6.07) is 58.8. The van der Waals surface area contributed by atoms with E-state index in [9.17, 15) is 5.26 Å². The molecular formula is C49H32N4. The van der Waals surface area contributed by atoms with Crippen molar-refractivity contribution in [3.05, 3.63) is 174 Å². The van der Waals surface area contributed by atoms with Crippen LogP contribution in [0.25, 0.3) is 88.3 Å². The number of para-hydroxylation sites is 3. The lowest BCUT2D eigenvalue weighted by molar-refractivity contribution is 0.660. The van der Waals surface area contributed by atoms with E-state index in [-0.39, 0.29) is 5.41 Å². The van der Waals surface area contributed by atoms with Crippen LogP contribution in [0.4, 0.5) is 0 Å². The minimum absolute atomic E-state index is 0.0714. The minimum atomic E-state index is -0.0714. The molecule has 0 amide bonds. The zero-order valence-electron chi connectivity index (χ0n) is 29.3. The number of hydrogen-bond acceptors (Lipinski definition) is 2. The molecule has 7 aromatic carbocycles. The molecule has 1 aliphatic carbocycles. The number of benzene rings is 7. The molecule has 3 heterocycles. The smallest absolute Gasteiger partial charge is 0.139 e. The Bertz CT molecular complexity index is 3220. The quantitative estimate of drug-likeness (QED) is 0.187. The van der Waals surface area contributed by atoms with Gasteiger partial charge in [-0.15, -0.1) is 0 Å². The summed E-state index contributed by atoms with van der Waals surface area (Å²) in [7, 11) is 0. The van der Waals surface area contributed by atoms with E-state index in [1.165, 1.54) is 55.3 Å². The fourth-order valence-electron chi connectivity index (χ4n) is 9.03. The molecule has 3 aromatic heterocycles. The molecule has 0 saturated carbocycles. The molecule has 0 N–H and O–H groups in total. The molecule has 248 valence electrons. The van der Waals surface area contributed by atoms with Crippen LogP contribution in [0, 0.1) is 11.3 Å². The largest absolute Gasteiger partial charge is 0.309 e. The minimum Gasteiger partial charge on any atom is -0.309 e. The number of rotatable bonds is 3. The molecule has 0 bridgehead atoms. The number of nitriles is 1. The third-order valence-electron chi connectivity index (χ3n) is 11.6. The first-order chi connectivity index (χ1) is 26.0. The molecule has 11 rings (SSSR count). The molecule has 4 nitrogen and oxygen atoms in total. The summed E-state index contributed by atoms with van der Waals surface area (Å²) in [5.41, 5.74) is 14.8. The van der Waals surface area contributed by atoms with Crippen LogP contribution in [0.15, 0.2) is 158 Å². The highest BCUT2D eigenvalue weighted by atomic mass is 15.1. The van der Waals surface area contributed by atoms with Crippen molar-refractivity contribution in [2.24, 2.45) is 0 Å². The first-order valence-corrected chi connectivity index (χ1v) is 18.1. The lowest BCUT2D eigenvalue weighted by Gasteiger charge is -2.22. The summed E-state index contributed by atoms with van der Waals surface area (Å²) >= 11 is 0. The van der Waals surface area contributed by atoms with Gasteiger partial charge in [0.25, 0.3) is 0 Å². The fourth-order valence-corrected chi connectivity index (χ4v) is 9.03. The first kappa shape index (κ1) is 29.7. The molecule has 0 fully saturated rings. The van der Waals surface area contributed by atoms with E-state index in [0.717, 1.165) is 44.1 Å². The van der Waals surface area contributed by atoms with E-state index in [1.54, 1.807) is 0 Å². The predicted octanol–water partition coefficient (Wildman–Crippen LogP) is 12.3. The summed E-state index contributed by atoms with van der Waals surface area (Å²) < 4.78 is 4.62. The highest BCUT2D eigenvalue weighted by molar-refractivity contribution is 6.12. The van der Waals surface area contributed by atoms with Crippen LogP contribution in [-0.4, -0.2) is 14.1 Å². The molecule has 0 unspecified atom stereocenters. The van der Waals surface area contributed by atoms with Gasteiger partial charge in [-0.25, -0.2) is 4.98 Å². The second kappa shape index (κ2) is 10.8. The van der Waals surface area contributed by atoms with Crippen LogP contribution >= 0.6 is 0 Å². The topological polar surface area (TPSA) is 46.5 Å². The Balaban J connectivity index is 1.08. The molecule has 10 aromatic rings. The van der Waals surface area contributed by atoms with Crippen molar-refractivity contribution in [3.63, 3.8) is 0 Å². The molecule has 1 aliphatic rings. The van der Waals surface area contributed by atoms with Crippen molar-refractivity contribution in [2.45, 2.75) is 19.3 Å². The van der Waals surface area contributed by atoms with Crippen LogP contribution in [0.3, 0.4) is 0 Å². The van der Waals surface area contributed by atoms with Crippen LogP contribution in [0.1, 0.15) is 30.5 Å². The molecule has 0 atom stereocenters. The zero-order valence-corrected chi connectivity index (χ0v) is 29.3. The maximum Gasteiger partial charge on any atom is 0.139 e. The Labute approximate surface area is 306 Å². The number of hydrogen-bond donors (Lipinski definition) is 0. The van der Waals surface area contributed by atoms with E-state index >= 15 is 0 Å². The van der Waals surface area contributed by atoms with Gasteiger partial charge in [-0.1, -0.05) is 111 Å². The normalized spacial score (nSPS) is 13.2. The van der Waals surface area contributed by atoms with Crippen molar-refractivity contribution in [1.82, 2.24) is 14.1 Å². The fraction of sp³-hybridized carbons (Fsp3) is 0.0612. The molecule has 4 heteroatoms. The lowest BCUT2D eigenvalue weighted by Crippen LogP contribution is -2.15. The average molecular weight is 677 g/mol. The Hall–Kier alpha value is -6.96. The Morgan fingerprint density at radius 3 is 1.77 bits per heavy atom. The van der Waals surface area contributed by atoms with Crippen LogP contribution in [0.2, 0.25) is 0 Å². The van der Waals surface area contributed by atoms with E-state index in [2.05, 4.69) is 156 Å². The van der Waals surface area contributed by atoms with Crippen molar-refractivity contribution in [3.8, 4) is 39.8 Å². The lowest BCUT2D eigenvalue weighted by atomic mass is 9.82. The van der Waals surface area contributed by atoms with Gasteiger partial charge in [0.2, 0.25) is 0 Å². The highest BCUT2D eigenvalue weighted by Crippen LogP contribution is 2.49. The SMILES string of the molecule is CC1(C)c2ccccc2-c2ccc(-n3c4ccccc4c4cc(-c5ccc6c(c5)c5ccccc5n6-c5cc(C#N)c6ccccc6n5)ccc43)cc21. The maximum absolute atomic E-state index is 10.1. The molecule has 0 aliphatic heterocycles. The van der Waals surface area contributed by atoms with Gasteiger partial charge in [0.1, 0.15) is 5.82 Å². The number of aromatic nitrogens is 3. The monoisotopic (exact) mass is 676 g/mol. The Kier molecular flexibility index (Phi) is 6.05. The van der Waals surface area contributed by atoms with Gasteiger partial charge in [-0.05, 0) is 94.0 Å². The van der Waals surface area contributed by atoms with Gasteiger partial charge in [0.15, 0.2) is 0 Å². The third kappa shape index (κ3) is 4.14. The Morgan fingerprint density at radius 1 is 0.491 bits per heavy atom. The van der Waals surface area contributed by atoms with Gasteiger partial charge in [0.05, 0.1) is 39.2 Å². The van der Waals surface area contributed by atoms with E-state index in [4.69, 9.17) is 4.98 Å². The number of pyridine rings is 1. The molecule has 0 radical (unpaired) electrons. The summed E-state index contributed by atoms with van der Waals surface area (Å²) in [5, 5.41) is 15.7. The summed E-state index contributed by atoms with van der Waals surface area (Å²) in [6.45, 7) is 4.69. The summed E-state index contributed by atoms with van der Waals surface area (Å²) in [5.74, 6) is 0.743. The summed E-state index contributed by atoms with van der Waals surface area (Å²) in [4.78, 5) is 5.04. The van der Waals surface area contributed by atoms with Crippen LogP contribution in [-0.2, 0) is 5.41 Å². The molecular weight excluding hydrogens is 645 g/mol. The maximum atomic E-state index is 10.1. The van der Waals surface area contributed by atoms with Gasteiger partial charge in [-0.2, -0.15) is 5.26 Å². The zero-order chi connectivity index (χ0) is 35.4.